The minimum atomic E-state index is -0.939. The van der Waals surface area contributed by atoms with Gasteiger partial charge >= 0.3 is 5.97 Å². The van der Waals surface area contributed by atoms with Crippen molar-refractivity contribution in [2.24, 2.45) is 0 Å². The van der Waals surface area contributed by atoms with Gasteiger partial charge in [-0.25, -0.2) is 9.78 Å². The van der Waals surface area contributed by atoms with Crippen LogP contribution in [0, 0.1) is 20.8 Å². The molecule has 0 atom stereocenters. The van der Waals surface area contributed by atoms with E-state index in [0.29, 0.717) is 0 Å². The summed E-state index contributed by atoms with van der Waals surface area (Å²) in [6.45, 7) is 5.68. The predicted molar refractivity (Wildman–Crippen MR) is 68.6 cm³/mol. The summed E-state index contributed by atoms with van der Waals surface area (Å²) in [5, 5.41) is 8.99. The van der Waals surface area contributed by atoms with Gasteiger partial charge in [0.15, 0.2) is 0 Å². The van der Waals surface area contributed by atoms with E-state index in [0.717, 1.165) is 28.3 Å². The van der Waals surface area contributed by atoms with Crippen molar-refractivity contribution in [3.05, 3.63) is 46.9 Å². The van der Waals surface area contributed by atoms with Gasteiger partial charge in [0.1, 0.15) is 0 Å². The summed E-state index contributed by atoms with van der Waals surface area (Å²) in [4.78, 5) is 19.9. The van der Waals surface area contributed by atoms with Crippen LogP contribution in [0.25, 0.3) is 11.3 Å². The van der Waals surface area contributed by atoms with E-state index in [-0.39, 0.29) is 5.56 Å². The van der Waals surface area contributed by atoms with Crippen LogP contribution in [-0.4, -0.2) is 21.0 Å². The molecule has 0 spiro atoms. The maximum Gasteiger partial charge on any atom is 0.335 e. The lowest BCUT2D eigenvalue weighted by Gasteiger charge is -2.08. The zero-order chi connectivity index (χ0) is 13.3. The average molecular weight is 242 g/mol. The summed E-state index contributed by atoms with van der Waals surface area (Å²) >= 11 is 0. The Morgan fingerprint density at radius 2 is 1.72 bits per heavy atom. The van der Waals surface area contributed by atoms with Crippen molar-refractivity contribution in [3.8, 4) is 11.3 Å². The van der Waals surface area contributed by atoms with Gasteiger partial charge in [-0.2, -0.15) is 0 Å². The molecule has 0 aliphatic heterocycles. The van der Waals surface area contributed by atoms with Crippen LogP contribution in [0.15, 0.2) is 24.3 Å². The van der Waals surface area contributed by atoms with Gasteiger partial charge in [0, 0.05) is 5.56 Å². The van der Waals surface area contributed by atoms with Crippen molar-refractivity contribution in [1.29, 1.82) is 0 Å². The zero-order valence-electron chi connectivity index (χ0n) is 10.6. The van der Waals surface area contributed by atoms with Crippen LogP contribution in [0.1, 0.15) is 27.4 Å². The highest BCUT2D eigenvalue weighted by Gasteiger charge is 2.10. The Morgan fingerprint density at radius 1 is 1.06 bits per heavy atom. The molecule has 18 heavy (non-hydrogen) atoms. The molecular formula is C14H14N2O2. The predicted octanol–water partition coefficient (Wildman–Crippen LogP) is 2.77. The largest absolute Gasteiger partial charge is 0.478 e. The third-order valence-corrected chi connectivity index (χ3v) is 2.86. The van der Waals surface area contributed by atoms with Gasteiger partial charge in [-0.05, 0) is 32.9 Å². The maximum absolute atomic E-state index is 11.0. The molecule has 4 heteroatoms. The third-order valence-electron chi connectivity index (χ3n) is 2.86. The Balaban J connectivity index is 2.58. The molecule has 0 radical (unpaired) electrons. The fourth-order valence-corrected chi connectivity index (χ4v) is 1.79. The summed E-state index contributed by atoms with van der Waals surface area (Å²) in [6, 6.07) is 6.75. The Bertz CT molecular complexity index is 621. The van der Waals surface area contributed by atoms with Crippen molar-refractivity contribution in [2.45, 2.75) is 20.8 Å². The van der Waals surface area contributed by atoms with E-state index in [4.69, 9.17) is 5.11 Å². The number of benzene rings is 1. The van der Waals surface area contributed by atoms with E-state index in [1.807, 2.05) is 26.8 Å². The van der Waals surface area contributed by atoms with Crippen molar-refractivity contribution >= 4 is 5.97 Å². The van der Waals surface area contributed by atoms with Crippen LogP contribution < -0.4 is 0 Å². The van der Waals surface area contributed by atoms with E-state index in [9.17, 15) is 4.79 Å². The Kier molecular flexibility index (Phi) is 3.10. The highest BCUT2D eigenvalue weighted by Crippen LogP contribution is 2.22. The van der Waals surface area contributed by atoms with Crippen molar-refractivity contribution in [2.75, 3.05) is 0 Å². The number of carboxylic acids is 1. The first-order chi connectivity index (χ1) is 8.49. The van der Waals surface area contributed by atoms with Crippen LogP contribution in [-0.2, 0) is 0 Å². The number of aromatic nitrogens is 2. The van der Waals surface area contributed by atoms with Gasteiger partial charge in [-0.15, -0.1) is 0 Å². The fraction of sp³-hybridized carbons (Fsp3) is 0.214. The second-order valence-corrected chi connectivity index (χ2v) is 4.21. The van der Waals surface area contributed by atoms with Crippen LogP contribution in [0.2, 0.25) is 0 Å². The number of aryl methyl sites for hydroxylation is 3. The Labute approximate surface area is 105 Å². The first kappa shape index (κ1) is 12.2. The van der Waals surface area contributed by atoms with Crippen molar-refractivity contribution in [3.63, 3.8) is 0 Å². The number of hydrogen-bond donors (Lipinski definition) is 1. The molecule has 0 saturated carbocycles. The normalized spacial score (nSPS) is 10.4. The molecule has 1 aromatic heterocycles. The molecule has 0 aliphatic carbocycles. The maximum atomic E-state index is 11.0. The minimum absolute atomic E-state index is 0.256. The summed E-state index contributed by atoms with van der Waals surface area (Å²) in [6.07, 6.45) is 0. The SMILES string of the molecule is Cc1nc(C)c(-c2cccc(C(=O)O)c2)nc1C. The van der Waals surface area contributed by atoms with Crippen molar-refractivity contribution < 1.29 is 9.90 Å². The first-order valence-corrected chi connectivity index (χ1v) is 5.64. The molecule has 0 bridgehead atoms. The monoisotopic (exact) mass is 242 g/mol. The molecule has 1 N–H and O–H groups in total. The number of carbonyl (C=O) groups is 1. The molecule has 1 heterocycles. The molecule has 1 aromatic carbocycles. The number of carboxylic acid groups (broad SMARTS) is 1. The summed E-state index contributed by atoms with van der Waals surface area (Å²) in [5.41, 5.74) is 4.33. The van der Waals surface area contributed by atoms with E-state index in [1.165, 1.54) is 0 Å². The molecule has 0 fully saturated rings. The molecule has 0 unspecified atom stereocenters. The van der Waals surface area contributed by atoms with Crippen LogP contribution in [0.4, 0.5) is 0 Å². The second-order valence-electron chi connectivity index (χ2n) is 4.21. The van der Waals surface area contributed by atoms with E-state index in [2.05, 4.69) is 9.97 Å². The van der Waals surface area contributed by atoms with Crippen molar-refractivity contribution in [1.82, 2.24) is 9.97 Å². The molecular weight excluding hydrogens is 228 g/mol. The van der Waals surface area contributed by atoms with Crippen LogP contribution in [0.5, 0.6) is 0 Å². The van der Waals surface area contributed by atoms with Gasteiger partial charge < -0.3 is 5.11 Å². The van der Waals surface area contributed by atoms with Crippen LogP contribution in [0.3, 0.4) is 0 Å². The molecule has 0 amide bonds. The highest BCUT2D eigenvalue weighted by molar-refractivity contribution is 5.89. The molecule has 0 saturated heterocycles. The van der Waals surface area contributed by atoms with E-state index < -0.39 is 5.97 Å². The summed E-state index contributed by atoms with van der Waals surface area (Å²) in [7, 11) is 0. The molecule has 2 rings (SSSR count). The first-order valence-electron chi connectivity index (χ1n) is 5.64. The van der Waals surface area contributed by atoms with E-state index >= 15 is 0 Å². The Morgan fingerprint density at radius 3 is 2.39 bits per heavy atom. The molecule has 92 valence electrons. The standard InChI is InChI=1S/C14H14N2O2/c1-8-9(2)16-13(10(3)15-8)11-5-4-6-12(7-11)14(17)18/h4-7H,1-3H3,(H,17,18). The lowest BCUT2D eigenvalue weighted by molar-refractivity contribution is 0.0697. The van der Waals surface area contributed by atoms with Gasteiger partial charge in [0.25, 0.3) is 0 Å². The number of hydrogen-bond acceptors (Lipinski definition) is 3. The number of rotatable bonds is 2. The molecule has 0 aliphatic rings. The minimum Gasteiger partial charge on any atom is -0.478 e. The smallest absolute Gasteiger partial charge is 0.335 e. The fourth-order valence-electron chi connectivity index (χ4n) is 1.79. The van der Waals surface area contributed by atoms with Gasteiger partial charge in [-0.1, -0.05) is 12.1 Å². The topological polar surface area (TPSA) is 63.1 Å². The third kappa shape index (κ3) is 2.22. The van der Waals surface area contributed by atoms with Gasteiger partial charge in [0.05, 0.1) is 28.3 Å². The molecule has 4 nitrogen and oxygen atoms in total. The second kappa shape index (κ2) is 4.56. The van der Waals surface area contributed by atoms with E-state index in [1.54, 1.807) is 18.2 Å². The summed E-state index contributed by atoms with van der Waals surface area (Å²) < 4.78 is 0. The Hall–Kier alpha value is -2.23. The van der Waals surface area contributed by atoms with Gasteiger partial charge in [-0.3, -0.25) is 4.98 Å². The lowest BCUT2D eigenvalue weighted by Crippen LogP contribution is -2.01. The quantitative estimate of drug-likeness (QED) is 0.879. The number of aromatic carboxylic acids is 1. The average Bonchev–Trinajstić information content (AvgIpc) is 2.34. The number of nitrogens with zero attached hydrogens (tertiary/aromatic N) is 2. The zero-order valence-corrected chi connectivity index (χ0v) is 10.6. The highest BCUT2D eigenvalue weighted by atomic mass is 16.4. The lowest BCUT2D eigenvalue weighted by atomic mass is 10.1. The summed E-state index contributed by atoms with van der Waals surface area (Å²) in [5.74, 6) is -0.939. The van der Waals surface area contributed by atoms with Gasteiger partial charge in [0.2, 0.25) is 0 Å². The van der Waals surface area contributed by atoms with Crippen LogP contribution >= 0.6 is 0 Å². The molecule has 2 aromatic rings.